The lowest BCUT2D eigenvalue weighted by Gasteiger charge is -2.20. The Balaban J connectivity index is 1.17. The van der Waals surface area contributed by atoms with Gasteiger partial charge in [0.1, 0.15) is 17.8 Å². The molecule has 0 bridgehead atoms. The van der Waals surface area contributed by atoms with Crippen LogP contribution in [0.3, 0.4) is 0 Å². The first-order valence-electron chi connectivity index (χ1n) is 12.3. The van der Waals surface area contributed by atoms with Crippen LogP contribution in [0.4, 0.5) is 0 Å². The molecular formula is C27H33N5O2. The predicted molar refractivity (Wildman–Crippen MR) is 131 cm³/mol. The van der Waals surface area contributed by atoms with Gasteiger partial charge in [0.05, 0.1) is 0 Å². The summed E-state index contributed by atoms with van der Waals surface area (Å²) in [6.07, 6.45) is 3.06. The number of aryl methyl sites for hydroxylation is 1. The summed E-state index contributed by atoms with van der Waals surface area (Å²) in [5.41, 5.74) is 5.19. The number of carbonyl (C=O) groups excluding carboxylic acids is 1. The molecule has 7 nitrogen and oxygen atoms in total. The highest BCUT2D eigenvalue weighted by molar-refractivity contribution is 5.80. The third-order valence-electron chi connectivity index (χ3n) is 6.85. The fourth-order valence-corrected chi connectivity index (χ4v) is 4.96. The van der Waals surface area contributed by atoms with E-state index in [4.69, 9.17) is 4.74 Å². The molecule has 0 aliphatic carbocycles. The van der Waals surface area contributed by atoms with Crippen molar-refractivity contribution in [3.8, 4) is 11.1 Å². The molecule has 0 spiro atoms. The highest BCUT2D eigenvalue weighted by atomic mass is 16.5. The van der Waals surface area contributed by atoms with E-state index >= 15 is 0 Å². The monoisotopic (exact) mass is 459 g/mol. The second kappa shape index (κ2) is 10.5. The van der Waals surface area contributed by atoms with Gasteiger partial charge < -0.3 is 14.6 Å². The second-order valence-electron chi connectivity index (χ2n) is 9.27. The number of nitrogens with zero attached hydrogens (tertiary/aromatic N) is 4. The van der Waals surface area contributed by atoms with Crippen molar-refractivity contribution in [2.24, 2.45) is 0 Å². The standard InChI is InChI=1S/C27H33N5O2/c1-20-6-2-3-9-23(20)22-8-4-7-21(18-22)19-31-14-12-26-30-29-25(32(26)16-15-31)11-13-28-27(33)24-10-5-17-34-24/h2-4,6-9,18,24H,5,10-17,19H2,1H3,(H,28,33)/t24-/m1/s1. The lowest BCUT2D eigenvalue weighted by Crippen LogP contribution is -2.35. The molecule has 34 heavy (non-hydrogen) atoms. The second-order valence-corrected chi connectivity index (χ2v) is 9.27. The van der Waals surface area contributed by atoms with Gasteiger partial charge in [0.2, 0.25) is 5.91 Å². The van der Waals surface area contributed by atoms with Crippen LogP contribution in [-0.2, 0) is 35.5 Å². The molecule has 5 rings (SSSR count). The maximum absolute atomic E-state index is 12.2. The lowest BCUT2D eigenvalue weighted by molar-refractivity contribution is -0.130. The topological polar surface area (TPSA) is 72.3 Å². The van der Waals surface area contributed by atoms with Crippen molar-refractivity contribution >= 4 is 5.91 Å². The van der Waals surface area contributed by atoms with E-state index in [0.29, 0.717) is 19.6 Å². The first kappa shape index (κ1) is 22.7. The van der Waals surface area contributed by atoms with Crippen LogP contribution in [-0.4, -0.2) is 57.9 Å². The van der Waals surface area contributed by atoms with Gasteiger partial charge in [-0.05, 0) is 48.1 Å². The smallest absolute Gasteiger partial charge is 0.249 e. The highest BCUT2D eigenvalue weighted by Crippen LogP contribution is 2.24. The predicted octanol–water partition coefficient (Wildman–Crippen LogP) is 3.15. The number of benzene rings is 2. The molecule has 1 saturated heterocycles. The number of ether oxygens (including phenoxy) is 1. The molecule has 0 radical (unpaired) electrons. The van der Waals surface area contributed by atoms with Crippen LogP contribution in [0.15, 0.2) is 48.5 Å². The number of hydrogen-bond acceptors (Lipinski definition) is 5. The molecule has 2 aliphatic heterocycles. The molecule has 3 heterocycles. The Morgan fingerprint density at radius 2 is 2.03 bits per heavy atom. The molecule has 3 aromatic rings. The first-order chi connectivity index (χ1) is 16.7. The van der Waals surface area contributed by atoms with Crippen LogP contribution >= 0.6 is 0 Å². The number of rotatable bonds is 7. The van der Waals surface area contributed by atoms with Crippen LogP contribution in [0, 0.1) is 6.92 Å². The molecule has 1 amide bonds. The maximum Gasteiger partial charge on any atom is 0.249 e. The molecule has 7 heteroatoms. The van der Waals surface area contributed by atoms with Gasteiger partial charge in [0.25, 0.3) is 0 Å². The Hall–Kier alpha value is -3.03. The SMILES string of the molecule is Cc1ccccc1-c1cccc(CN2CCc3nnc(CCNC(=O)[C@H]4CCCO4)n3CC2)c1. The zero-order valence-electron chi connectivity index (χ0n) is 19.9. The van der Waals surface area contributed by atoms with Crippen molar-refractivity contribution < 1.29 is 9.53 Å². The molecular weight excluding hydrogens is 426 g/mol. The van der Waals surface area contributed by atoms with Crippen molar-refractivity contribution in [1.82, 2.24) is 25.0 Å². The van der Waals surface area contributed by atoms with E-state index in [1.807, 2.05) is 0 Å². The summed E-state index contributed by atoms with van der Waals surface area (Å²) < 4.78 is 7.70. The Morgan fingerprint density at radius 3 is 2.88 bits per heavy atom. The van der Waals surface area contributed by atoms with Gasteiger partial charge >= 0.3 is 0 Å². The molecule has 1 N–H and O–H groups in total. The van der Waals surface area contributed by atoms with Crippen molar-refractivity contribution in [2.45, 2.75) is 51.8 Å². The number of fused-ring (bicyclic) bond motifs is 1. The van der Waals surface area contributed by atoms with Crippen LogP contribution in [0.2, 0.25) is 0 Å². The Labute approximate surface area is 201 Å². The summed E-state index contributed by atoms with van der Waals surface area (Å²) in [6.45, 7) is 7.11. The zero-order valence-corrected chi connectivity index (χ0v) is 19.9. The average molecular weight is 460 g/mol. The van der Waals surface area contributed by atoms with Crippen molar-refractivity contribution in [1.29, 1.82) is 0 Å². The van der Waals surface area contributed by atoms with E-state index in [9.17, 15) is 4.79 Å². The van der Waals surface area contributed by atoms with Gasteiger partial charge in [-0.2, -0.15) is 0 Å². The molecule has 0 unspecified atom stereocenters. The van der Waals surface area contributed by atoms with Crippen LogP contribution in [0.1, 0.15) is 35.6 Å². The van der Waals surface area contributed by atoms with Crippen LogP contribution < -0.4 is 5.32 Å². The Kier molecular flexibility index (Phi) is 7.02. The highest BCUT2D eigenvalue weighted by Gasteiger charge is 2.23. The van der Waals surface area contributed by atoms with Crippen LogP contribution in [0.25, 0.3) is 11.1 Å². The minimum atomic E-state index is -0.284. The third kappa shape index (κ3) is 5.21. The largest absolute Gasteiger partial charge is 0.368 e. The molecule has 2 aliphatic rings. The minimum absolute atomic E-state index is 0.00722. The van der Waals surface area contributed by atoms with Gasteiger partial charge in [0.15, 0.2) is 0 Å². The number of nitrogens with one attached hydrogen (secondary N) is 1. The van der Waals surface area contributed by atoms with E-state index < -0.39 is 0 Å². The van der Waals surface area contributed by atoms with Crippen LogP contribution in [0.5, 0.6) is 0 Å². The maximum atomic E-state index is 12.2. The van der Waals surface area contributed by atoms with Gasteiger partial charge in [-0.3, -0.25) is 9.69 Å². The van der Waals surface area contributed by atoms with Gasteiger partial charge in [-0.25, -0.2) is 0 Å². The van der Waals surface area contributed by atoms with E-state index in [1.54, 1.807) is 0 Å². The van der Waals surface area contributed by atoms with E-state index in [0.717, 1.165) is 57.1 Å². The molecule has 2 aromatic carbocycles. The number of aromatic nitrogens is 3. The fourth-order valence-electron chi connectivity index (χ4n) is 4.96. The molecule has 1 atom stereocenters. The van der Waals surface area contributed by atoms with E-state index in [-0.39, 0.29) is 12.0 Å². The molecule has 1 fully saturated rings. The summed E-state index contributed by atoms with van der Waals surface area (Å²) >= 11 is 0. The molecule has 1 aromatic heterocycles. The lowest BCUT2D eigenvalue weighted by atomic mass is 9.99. The Morgan fingerprint density at radius 1 is 1.12 bits per heavy atom. The van der Waals surface area contributed by atoms with E-state index in [2.05, 4.69) is 80.4 Å². The van der Waals surface area contributed by atoms with Gasteiger partial charge in [0, 0.05) is 52.2 Å². The first-order valence-corrected chi connectivity index (χ1v) is 12.3. The summed E-state index contributed by atoms with van der Waals surface area (Å²) in [7, 11) is 0. The zero-order chi connectivity index (χ0) is 23.3. The molecule has 178 valence electrons. The number of amides is 1. The van der Waals surface area contributed by atoms with Gasteiger partial charge in [-0.1, -0.05) is 42.5 Å². The normalized spacial score (nSPS) is 18.4. The quantitative estimate of drug-likeness (QED) is 0.588. The molecule has 0 saturated carbocycles. The fraction of sp³-hybridized carbons (Fsp3) is 0.444. The minimum Gasteiger partial charge on any atom is -0.368 e. The number of carbonyl (C=O) groups is 1. The van der Waals surface area contributed by atoms with Crippen molar-refractivity contribution in [3.63, 3.8) is 0 Å². The summed E-state index contributed by atoms with van der Waals surface area (Å²) in [4.78, 5) is 14.7. The van der Waals surface area contributed by atoms with Crippen molar-refractivity contribution in [3.05, 3.63) is 71.3 Å². The number of hydrogen-bond donors (Lipinski definition) is 1. The average Bonchev–Trinajstić information content (AvgIpc) is 3.48. The summed E-state index contributed by atoms with van der Waals surface area (Å²) in [5.74, 6) is 1.98. The van der Waals surface area contributed by atoms with Gasteiger partial charge in [-0.15, -0.1) is 10.2 Å². The van der Waals surface area contributed by atoms with Crippen molar-refractivity contribution in [2.75, 3.05) is 26.2 Å². The third-order valence-corrected chi connectivity index (χ3v) is 6.85. The van der Waals surface area contributed by atoms with E-state index in [1.165, 1.54) is 22.3 Å². The Bertz CT molecular complexity index is 1140. The summed E-state index contributed by atoms with van der Waals surface area (Å²) in [6, 6.07) is 17.4. The summed E-state index contributed by atoms with van der Waals surface area (Å²) in [5, 5.41) is 11.8.